The van der Waals surface area contributed by atoms with E-state index in [-0.39, 0.29) is 6.61 Å². The molecule has 3 rings (SSSR count). The van der Waals surface area contributed by atoms with Gasteiger partial charge < -0.3 is 19.3 Å². The van der Waals surface area contributed by atoms with Gasteiger partial charge in [0.1, 0.15) is 13.2 Å². The van der Waals surface area contributed by atoms with Crippen molar-refractivity contribution in [2.24, 2.45) is 0 Å². The van der Waals surface area contributed by atoms with E-state index in [1.807, 2.05) is 60.7 Å². The van der Waals surface area contributed by atoms with Gasteiger partial charge in [0.15, 0.2) is 17.6 Å². The zero-order chi connectivity index (χ0) is 20.5. The molecule has 0 aromatic heterocycles. The van der Waals surface area contributed by atoms with Gasteiger partial charge in [-0.05, 0) is 35.7 Å². The van der Waals surface area contributed by atoms with Crippen LogP contribution in [-0.4, -0.2) is 17.7 Å². The summed E-state index contributed by atoms with van der Waals surface area (Å²) in [5.41, 5.74) is 2.41. The summed E-state index contributed by atoms with van der Waals surface area (Å²) in [6.07, 6.45) is -1.38. The van der Waals surface area contributed by atoms with Crippen LogP contribution in [0.1, 0.15) is 29.7 Å². The average Bonchev–Trinajstić information content (AvgIpc) is 2.77. The number of aliphatic hydroxyl groups is 1. The van der Waals surface area contributed by atoms with Crippen LogP contribution in [0, 0.1) is 0 Å². The van der Waals surface area contributed by atoms with Crippen LogP contribution in [0.3, 0.4) is 0 Å². The zero-order valence-corrected chi connectivity index (χ0v) is 16.3. The molecule has 0 aliphatic carbocycles. The first-order valence-corrected chi connectivity index (χ1v) is 9.49. The lowest BCUT2D eigenvalue weighted by molar-refractivity contribution is -0.153. The number of rotatable bonds is 9. The number of carbonyl (C=O) groups excluding carboxylic acids is 1. The first kappa shape index (κ1) is 20.4. The lowest BCUT2D eigenvalue weighted by Gasteiger charge is -2.16. The van der Waals surface area contributed by atoms with Gasteiger partial charge in [0.25, 0.3) is 0 Å². The number of ether oxygens (including phenoxy) is 3. The summed E-state index contributed by atoms with van der Waals surface area (Å²) in [6.45, 7) is 2.61. The number of esters is 1. The third-order valence-electron chi connectivity index (χ3n) is 4.27. The maximum Gasteiger partial charge on any atom is 0.339 e. The van der Waals surface area contributed by atoms with Gasteiger partial charge in [-0.15, -0.1) is 0 Å². The fourth-order valence-corrected chi connectivity index (χ4v) is 2.75. The molecule has 1 N–H and O–H groups in total. The lowest BCUT2D eigenvalue weighted by atomic mass is 10.1. The minimum Gasteiger partial charge on any atom is -0.485 e. The van der Waals surface area contributed by atoms with Crippen molar-refractivity contribution < 1.29 is 24.1 Å². The van der Waals surface area contributed by atoms with Gasteiger partial charge in [0.2, 0.25) is 0 Å². The molecule has 0 radical (unpaired) electrons. The van der Waals surface area contributed by atoms with Crippen molar-refractivity contribution >= 4 is 5.97 Å². The van der Waals surface area contributed by atoms with Crippen LogP contribution in [0.4, 0.5) is 0 Å². The SMILES string of the molecule is CCOC(=O)C(O)c1ccc(OCc2ccccc2)c(OCc2ccccc2)c1. The summed E-state index contributed by atoms with van der Waals surface area (Å²) in [5, 5.41) is 10.3. The van der Waals surface area contributed by atoms with Crippen molar-refractivity contribution in [1.82, 2.24) is 0 Å². The molecule has 3 aromatic carbocycles. The monoisotopic (exact) mass is 392 g/mol. The van der Waals surface area contributed by atoms with Crippen LogP contribution in [0.15, 0.2) is 78.9 Å². The minimum atomic E-state index is -1.38. The van der Waals surface area contributed by atoms with Crippen LogP contribution < -0.4 is 9.47 Å². The van der Waals surface area contributed by atoms with Crippen molar-refractivity contribution in [1.29, 1.82) is 0 Å². The van der Waals surface area contributed by atoms with E-state index in [0.717, 1.165) is 11.1 Å². The van der Waals surface area contributed by atoms with Gasteiger partial charge in [-0.1, -0.05) is 66.7 Å². The van der Waals surface area contributed by atoms with Crippen LogP contribution in [0.25, 0.3) is 0 Å². The second-order valence-corrected chi connectivity index (χ2v) is 6.41. The molecule has 1 atom stereocenters. The number of aliphatic hydroxyl groups excluding tert-OH is 1. The predicted octanol–water partition coefficient (Wildman–Crippen LogP) is 4.44. The Balaban J connectivity index is 1.80. The van der Waals surface area contributed by atoms with Crippen LogP contribution in [0.5, 0.6) is 11.5 Å². The van der Waals surface area contributed by atoms with E-state index >= 15 is 0 Å². The molecular formula is C24H24O5. The summed E-state index contributed by atoms with van der Waals surface area (Å²) < 4.78 is 16.8. The standard InChI is InChI=1S/C24H24O5/c1-2-27-24(26)23(25)20-13-14-21(28-16-18-9-5-3-6-10-18)22(15-20)29-17-19-11-7-4-8-12-19/h3-15,23,25H,2,16-17H2,1H3. The van der Waals surface area contributed by atoms with Crippen molar-refractivity contribution in [2.45, 2.75) is 26.2 Å². The fourth-order valence-electron chi connectivity index (χ4n) is 2.75. The molecule has 5 nitrogen and oxygen atoms in total. The predicted molar refractivity (Wildman–Crippen MR) is 110 cm³/mol. The molecule has 0 saturated heterocycles. The highest BCUT2D eigenvalue weighted by atomic mass is 16.5. The average molecular weight is 392 g/mol. The van der Waals surface area contributed by atoms with Crippen LogP contribution in [0.2, 0.25) is 0 Å². The Morgan fingerprint density at radius 2 is 1.38 bits per heavy atom. The highest BCUT2D eigenvalue weighted by molar-refractivity contribution is 5.76. The number of hydrogen-bond donors (Lipinski definition) is 1. The molecule has 0 fully saturated rings. The van der Waals surface area contributed by atoms with Gasteiger partial charge in [0, 0.05) is 0 Å². The second-order valence-electron chi connectivity index (χ2n) is 6.41. The Kier molecular flexibility index (Phi) is 7.25. The Morgan fingerprint density at radius 1 is 0.828 bits per heavy atom. The molecule has 5 heteroatoms. The largest absolute Gasteiger partial charge is 0.485 e. The van der Waals surface area contributed by atoms with Crippen LogP contribution in [-0.2, 0) is 22.7 Å². The van der Waals surface area contributed by atoms with Gasteiger partial charge >= 0.3 is 5.97 Å². The summed E-state index contributed by atoms with van der Waals surface area (Å²) >= 11 is 0. The van der Waals surface area contributed by atoms with E-state index in [2.05, 4.69) is 0 Å². The maximum atomic E-state index is 11.9. The maximum absolute atomic E-state index is 11.9. The topological polar surface area (TPSA) is 65.0 Å². The molecule has 0 saturated carbocycles. The van der Waals surface area contributed by atoms with Crippen LogP contribution >= 0.6 is 0 Å². The number of benzene rings is 3. The molecule has 29 heavy (non-hydrogen) atoms. The first-order chi connectivity index (χ1) is 14.2. The summed E-state index contributed by atoms with van der Waals surface area (Å²) in [4.78, 5) is 11.9. The van der Waals surface area contributed by atoms with E-state index in [0.29, 0.717) is 30.3 Å². The normalized spacial score (nSPS) is 11.5. The highest BCUT2D eigenvalue weighted by Crippen LogP contribution is 2.32. The van der Waals surface area contributed by atoms with E-state index in [9.17, 15) is 9.90 Å². The van der Waals surface area contributed by atoms with E-state index < -0.39 is 12.1 Å². The first-order valence-electron chi connectivity index (χ1n) is 9.49. The lowest BCUT2D eigenvalue weighted by Crippen LogP contribution is -2.15. The van der Waals surface area contributed by atoms with Gasteiger partial charge in [-0.2, -0.15) is 0 Å². The fraction of sp³-hybridized carbons (Fsp3) is 0.208. The molecule has 0 amide bonds. The summed E-state index contributed by atoms with van der Waals surface area (Å²) in [6, 6.07) is 24.5. The molecule has 0 aliphatic heterocycles. The summed E-state index contributed by atoms with van der Waals surface area (Å²) in [5.74, 6) is 0.287. The van der Waals surface area contributed by atoms with Crippen molar-refractivity contribution in [3.63, 3.8) is 0 Å². The molecule has 0 spiro atoms. The molecule has 0 aliphatic rings. The highest BCUT2D eigenvalue weighted by Gasteiger charge is 2.20. The Hall–Kier alpha value is -3.31. The minimum absolute atomic E-state index is 0.200. The van der Waals surface area contributed by atoms with Gasteiger partial charge in [0.05, 0.1) is 6.61 Å². The molecule has 3 aromatic rings. The van der Waals surface area contributed by atoms with Crippen molar-refractivity contribution in [2.75, 3.05) is 6.61 Å². The van der Waals surface area contributed by atoms with E-state index in [1.165, 1.54) is 0 Å². The third kappa shape index (κ3) is 5.83. The molecule has 0 bridgehead atoms. The second kappa shape index (κ2) is 10.3. The Morgan fingerprint density at radius 3 is 1.93 bits per heavy atom. The third-order valence-corrected chi connectivity index (χ3v) is 4.27. The Bertz CT molecular complexity index is 909. The quantitative estimate of drug-likeness (QED) is 0.546. The molecule has 150 valence electrons. The van der Waals surface area contributed by atoms with Gasteiger partial charge in [-0.3, -0.25) is 0 Å². The van der Waals surface area contributed by atoms with E-state index in [1.54, 1.807) is 25.1 Å². The number of carbonyl (C=O) groups is 1. The molecule has 0 heterocycles. The Labute approximate surface area is 170 Å². The van der Waals surface area contributed by atoms with E-state index in [4.69, 9.17) is 14.2 Å². The summed E-state index contributed by atoms with van der Waals surface area (Å²) in [7, 11) is 0. The molecular weight excluding hydrogens is 368 g/mol. The van der Waals surface area contributed by atoms with Gasteiger partial charge in [-0.25, -0.2) is 4.79 Å². The van der Waals surface area contributed by atoms with Crippen molar-refractivity contribution in [3.05, 3.63) is 95.6 Å². The van der Waals surface area contributed by atoms with Crippen molar-refractivity contribution in [3.8, 4) is 11.5 Å². The smallest absolute Gasteiger partial charge is 0.339 e. The molecule has 1 unspecified atom stereocenters. The zero-order valence-electron chi connectivity index (χ0n) is 16.3. The number of hydrogen-bond acceptors (Lipinski definition) is 5.